The van der Waals surface area contributed by atoms with Crippen LogP contribution in [0.4, 0.5) is 11.4 Å². The summed E-state index contributed by atoms with van der Waals surface area (Å²) in [6, 6.07) is 22.0. The van der Waals surface area contributed by atoms with Crippen LogP contribution in [0, 0.1) is 0 Å². The third-order valence-corrected chi connectivity index (χ3v) is 12.5. The number of nitrogens with two attached hydrogens (primary N) is 2. The van der Waals surface area contributed by atoms with Gasteiger partial charge < -0.3 is 26.3 Å². The Labute approximate surface area is 307 Å². The zero-order valence-corrected chi connectivity index (χ0v) is 30.8. The number of amidine groups is 2. The van der Waals surface area contributed by atoms with Crippen molar-refractivity contribution in [2.24, 2.45) is 21.5 Å². The average Bonchev–Trinajstić information content (AvgIpc) is 4.00. The molecule has 2 saturated heterocycles. The fraction of sp³-hybridized carbons (Fsp3) is 0.317. The minimum Gasteiger partial charge on any atom is -0.383 e. The van der Waals surface area contributed by atoms with Gasteiger partial charge in [-0.15, -0.1) is 22.7 Å². The lowest BCUT2D eigenvalue weighted by Gasteiger charge is -2.29. The molecule has 0 saturated carbocycles. The van der Waals surface area contributed by atoms with Crippen molar-refractivity contribution in [3.8, 4) is 0 Å². The van der Waals surface area contributed by atoms with E-state index in [9.17, 15) is 0 Å². The minimum atomic E-state index is 0.579. The van der Waals surface area contributed by atoms with Crippen LogP contribution >= 0.6 is 22.7 Å². The van der Waals surface area contributed by atoms with Crippen molar-refractivity contribution >= 4 is 73.1 Å². The Hall–Kier alpha value is -4.48. The van der Waals surface area contributed by atoms with Gasteiger partial charge in [-0.1, -0.05) is 18.2 Å². The highest BCUT2D eigenvalue weighted by Crippen LogP contribution is 2.36. The first-order valence-corrected chi connectivity index (χ1v) is 19.9. The summed E-state index contributed by atoms with van der Waals surface area (Å²) in [5, 5.41) is 6.54. The molecule has 7 heterocycles. The molecule has 2 fully saturated rings. The summed E-state index contributed by atoms with van der Waals surface area (Å²) in [7, 11) is 2.24. The summed E-state index contributed by atoms with van der Waals surface area (Å²) in [6.07, 6.45) is 15.5. The first-order valence-electron chi connectivity index (χ1n) is 18.1. The van der Waals surface area contributed by atoms with Gasteiger partial charge in [-0.05, 0) is 136 Å². The molecule has 2 aromatic carbocycles. The van der Waals surface area contributed by atoms with E-state index in [0.717, 1.165) is 58.1 Å². The number of aryl methyl sites for hydroxylation is 1. The van der Waals surface area contributed by atoms with Gasteiger partial charge in [-0.2, -0.15) is 0 Å². The molecule has 9 rings (SSSR count). The largest absolute Gasteiger partial charge is 0.383 e. The van der Waals surface area contributed by atoms with Crippen molar-refractivity contribution in [2.45, 2.75) is 57.0 Å². The van der Waals surface area contributed by atoms with Gasteiger partial charge in [0, 0.05) is 58.4 Å². The van der Waals surface area contributed by atoms with Crippen LogP contribution in [0.2, 0.25) is 0 Å². The van der Waals surface area contributed by atoms with Crippen molar-refractivity contribution < 1.29 is 0 Å². The Morgan fingerprint density at radius 1 is 0.824 bits per heavy atom. The summed E-state index contributed by atoms with van der Waals surface area (Å²) in [6.45, 7) is 3.57. The summed E-state index contributed by atoms with van der Waals surface area (Å²) >= 11 is 3.23. The first-order chi connectivity index (χ1) is 25.0. The average molecular weight is 715 g/mol. The number of likely N-dealkylation sites (tertiary alicyclic amines) is 1. The number of thiophene rings is 2. The van der Waals surface area contributed by atoms with E-state index in [2.05, 4.69) is 79.5 Å². The highest BCUT2D eigenvalue weighted by Gasteiger charge is 2.28. The van der Waals surface area contributed by atoms with Gasteiger partial charge in [0.1, 0.15) is 11.7 Å². The van der Waals surface area contributed by atoms with E-state index >= 15 is 0 Å². The lowest BCUT2D eigenvalue weighted by molar-refractivity contribution is 0.275. The Bertz CT molecular complexity index is 2190. The number of fused-ring (bicyclic) bond motifs is 3. The van der Waals surface area contributed by atoms with Crippen LogP contribution in [0.15, 0.2) is 99.9 Å². The summed E-state index contributed by atoms with van der Waals surface area (Å²) in [4.78, 5) is 23.2. The van der Waals surface area contributed by atoms with Crippen LogP contribution in [0.1, 0.15) is 59.4 Å². The van der Waals surface area contributed by atoms with Crippen molar-refractivity contribution in [1.29, 1.82) is 0 Å². The van der Waals surface area contributed by atoms with Crippen molar-refractivity contribution in [3.63, 3.8) is 0 Å². The molecule has 4 aromatic heterocycles. The van der Waals surface area contributed by atoms with Gasteiger partial charge in [0.05, 0.1) is 21.1 Å². The lowest BCUT2D eigenvalue weighted by Crippen LogP contribution is -2.32. The number of aromatic nitrogens is 2. The molecule has 0 amide bonds. The SMILES string of the molecule is CN1CCC[C@H]1CCc1c[nH]c2ccc(N=C(N)c3cccs3)cc12.NC(=Nc1ccc2[nH]cc(C3=CCN4CCCC4C3)c2c1)c1cccs1. The Balaban J connectivity index is 0.000000147. The van der Waals surface area contributed by atoms with E-state index in [1.807, 2.05) is 47.2 Å². The third kappa shape index (κ3) is 7.46. The second-order valence-corrected chi connectivity index (χ2v) is 15.9. The van der Waals surface area contributed by atoms with E-state index in [-0.39, 0.29) is 0 Å². The van der Waals surface area contributed by atoms with Crippen LogP contribution in [0.3, 0.4) is 0 Å². The lowest BCUT2D eigenvalue weighted by atomic mass is 9.94. The molecule has 2 atom stereocenters. The number of nitrogens with one attached hydrogen (secondary N) is 2. The predicted octanol–water partition coefficient (Wildman–Crippen LogP) is 8.81. The molecular formula is C41H46N8S2. The zero-order chi connectivity index (χ0) is 34.7. The number of hydrogen-bond donors (Lipinski definition) is 4. The summed E-state index contributed by atoms with van der Waals surface area (Å²) in [5.74, 6) is 1.16. The third-order valence-electron chi connectivity index (χ3n) is 10.8. The van der Waals surface area contributed by atoms with Crippen LogP contribution in [-0.2, 0) is 6.42 Å². The minimum absolute atomic E-state index is 0.579. The van der Waals surface area contributed by atoms with Gasteiger partial charge in [0.2, 0.25) is 0 Å². The molecule has 262 valence electrons. The predicted molar refractivity (Wildman–Crippen MR) is 217 cm³/mol. The van der Waals surface area contributed by atoms with Crippen molar-refractivity contribution in [3.05, 3.63) is 111 Å². The quantitative estimate of drug-likeness (QED) is 0.0932. The summed E-state index contributed by atoms with van der Waals surface area (Å²) in [5.41, 5.74) is 20.6. The van der Waals surface area contributed by atoms with Crippen molar-refractivity contribution in [2.75, 3.05) is 26.7 Å². The number of rotatable bonds is 8. The number of nitrogens with zero attached hydrogens (tertiary/aromatic N) is 4. The van der Waals surface area contributed by atoms with Crippen LogP contribution in [-0.4, -0.2) is 70.2 Å². The van der Waals surface area contributed by atoms with Gasteiger partial charge >= 0.3 is 0 Å². The maximum absolute atomic E-state index is 6.17. The van der Waals surface area contributed by atoms with E-state index in [1.165, 1.54) is 78.2 Å². The number of hydrogen-bond acceptors (Lipinski definition) is 6. The van der Waals surface area contributed by atoms with Gasteiger partial charge in [-0.25, -0.2) is 9.98 Å². The molecule has 8 nitrogen and oxygen atoms in total. The molecule has 3 aliphatic rings. The van der Waals surface area contributed by atoms with E-state index in [0.29, 0.717) is 11.7 Å². The number of benzene rings is 2. The second-order valence-electron chi connectivity index (χ2n) is 14.0. The maximum Gasteiger partial charge on any atom is 0.141 e. The first kappa shape index (κ1) is 33.7. The second kappa shape index (κ2) is 15.0. The number of H-pyrrole nitrogens is 2. The molecule has 10 heteroatoms. The Morgan fingerprint density at radius 2 is 1.49 bits per heavy atom. The van der Waals surface area contributed by atoms with Gasteiger partial charge in [-0.3, -0.25) is 4.90 Å². The van der Waals surface area contributed by atoms with Crippen LogP contribution < -0.4 is 11.5 Å². The number of aromatic amines is 2. The molecular weight excluding hydrogens is 669 g/mol. The van der Waals surface area contributed by atoms with E-state index < -0.39 is 0 Å². The smallest absolute Gasteiger partial charge is 0.141 e. The monoisotopic (exact) mass is 714 g/mol. The number of aliphatic imine (C=N–C) groups is 2. The molecule has 6 N–H and O–H groups in total. The summed E-state index contributed by atoms with van der Waals surface area (Å²) < 4.78 is 0. The molecule has 6 aromatic rings. The molecule has 0 bridgehead atoms. The zero-order valence-electron chi connectivity index (χ0n) is 29.1. The molecule has 51 heavy (non-hydrogen) atoms. The van der Waals surface area contributed by atoms with E-state index in [4.69, 9.17) is 11.5 Å². The Morgan fingerprint density at radius 3 is 2.16 bits per heavy atom. The molecule has 3 aliphatic heterocycles. The Kier molecular flexibility index (Phi) is 9.91. The van der Waals surface area contributed by atoms with Gasteiger partial charge in [0.25, 0.3) is 0 Å². The fourth-order valence-electron chi connectivity index (χ4n) is 7.94. The molecule has 1 unspecified atom stereocenters. The molecule has 0 aliphatic carbocycles. The highest BCUT2D eigenvalue weighted by molar-refractivity contribution is 7.12. The van der Waals surface area contributed by atoms with Crippen molar-refractivity contribution in [1.82, 2.24) is 19.8 Å². The van der Waals surface area contributed by atoms with Crippen LogP contribution in [0.5, 0.6) is 0 Å². The van der Waals surface area contributed by atoms with Crippen LogP contribution in [0.25, 0.3) is 27.4 Å². The molecule has 0 radical (unpaired) electrons. The topological polar surface area (TPSA) is 115 Å². The maximum atomic E-state index is 6.17. The van der Waals surface area contributed by atoms with E-state index in [1.54, 1.807) is 22.7 Å². The normalized spacial score (nSPS) is 20.1. The molecule has 0 spiro atoms. The standard InChI is InChI=1S/C21H22N4S.C20H24N4S/c22-21(20-4-2-10-26-20)24-15-5-6-19-17(12-15)18(13-23-19)14-7-9-25-8-1-3-16(25)11-14;1-24-10-2-4-16(24)8-6-14-13-22-18-9-7-15(12-17(14)18)23-20(21)19-5-3-11-25-19/h2,4-7,10,12-13,16,23H,1,3,8-9,11H2,(H2,22,24);3,5,7,9,11-13,16,22H,2,4,6,8,10H2,1H3,(H2,21,23)/t;16-/m.0/s1. The van der Waals surface area contributed by atoms with Gasteiger partial charge in [0.15, 0.2) is 0 Å². The highest BCUT2D eigenvalue weighted by atomic mass is 32.1. The fourth-order valence-corrected chi connectivity index (χ4v) is 9.20.